The van der Waals surface area contributed by atoms with Gasteiger partial charge in [-0.15, -0.1) is 0 Å². The summed E-state index contributed by atoms with van der Waals surface area (Å²) in [7, 11) is 0. The zero-order valence-corrected chi connectivity index (χ0v) is 23.5. The van der Waals surface area contributed by atoms with Crippen LogP contribution in [0, 0.1) is 34.5 Å². The highest BCUT2D eigenvalue weighted by atomic mass is 19.4. The minimum atomic E-state index is -4.86. The summed E-state index contributed by atoms with van der Waals surface area (Å²) in [6.07, 6.45) is 1.88. The fourth-order valence-electron chi connectivity index (χ4n) is 5.71. The number of nitrogens with two attached hydrogens (primary N) is 1. The van der Waals surface area contributed by atoms with Crippen molar-refractivity contribution >= 4 is 24.1 Å². The van der Waals surface area contributed by atoms with Crippen LogP contribution in [-0.4, -0.2) is 71.6 Å². The van der Waals surface area contributed by atoms with Gasteiger partial charge >= 0.3 is 12.1 Å². The van der Waals surface area contributed by atoms with Crippen molar-refractivity contribution in [3.05, 3.63) is 0 Å². The molecular formula is C27H40F3N5O5. The molecule has 1 spiro atoms. The molecule has 4 unspecified atom stereocenters. The molecule has 5 aliphatic rings. The molecule has 0 aromatic heterocycles. The van der Waals surface area contributed by atoms with Crippen LogP contribution in [0.3, 0.4) is 0 Å². The predicted octanol–water partition coefficient (Wildman–Crippen LogP) is 2.17. The highest BCUT2D eigenvalue weighted by Crippen LogP contribution is 2.62. The van der Waals surface area contributed by atoms with Gasteiger partial charge in [0.15, 0.2) is 0 Å². The average Bonchev–Trinajstić information content (AvgIpc) is 3.75. The number of hydrogen-bond donors (Lipinski definition) is 3. The van der Waals surface area contributed by atoms with Crippen LogP contribution < -0.4 is 16.4 Å². The molecule has 0 radical (unpaired) electrons. The van der Waals surface area contributed by atoms with E-state index < -0.39 is 18.1 Å². The SMILES string of the molecule is C[C@H](CC(=O)N1CC2C(C1)C2(C)C)OC1(C)CC1.N#CC(CC1CC2(CC2)NC1=O)NC=O.NC(=O)C(F)(F)F. The van der Waals surface area contributed by atoms with Crippen molar-refractivity contribution in [2.75, 3.05) is 13.1 Å². The summed E-state index contributed by atoms with van der Waals surface area (Å²) in [5, 5.41) is 14.1. The maximum Gasteiger partial charge on any atom is 0.470 e. The van der Waals surface area contributed by atoms with Gasteiger partial charge in [0.1, 0.15) is 6.04 Å². The van der Waals surface area contributed by atoms with E-state index in [1.54, 1.807) is 0 Å². The fourth-order valence-corrected chi connectivity index (χ4v) is 5.71. The number of likely N-dealkylation sites (tertiary alicyclic amines) is 1. The maximum absolute atomic E-state index is 12.2. The van der Waals surface area contributed by atoms with Gasteiger partial charge in [0, 0.05) is 24.5 Å². The Hall–Kier alpha value is -2.88. The molecule has 40 heavy (non-hydrogen) atoms. The lowest BCUT2D eigenvalue weighted by Gasteiger charge is -2.25. The largest absolute Gasteiger partial charge is 0.470 e. The number of carbonyl (C=O) groups is 4. The number of fused-ring (bicyclic) bond motifs is 1. The number of nitrogens with zero attached hydrogens (tertiary/aromatic N) is 2. The molecule has 4 amide bonds. The van der Waals surface area contributed by atoms with E-state index in [0.717, 1.165) is 57.0 Å². The Bertz CT molecular complexity index is 1020. The Morgan fingerprint density at radius 3 is 2.17 bits per heavy atom. The predicted molar refractivity (Wildman–Crippen MR) is 137 cm³/mol. The topological polar surface area (TPSA) is 155 Å². The smallest absolute Gasteiger partial charge is 0.372 e. The van der Waals surface area contributed by atoms with E-state index in [0.29, 0.717) is 24.7 Å². The minimum absolute atomic E-state index is 0.0282. The van der Waals surface area contributed by atoms with Crippen molar-refractivity contribution < 1.29 is 37.1 Å². The molecule has 2 aliphatic heterocycles. The van der Waals surface area contributed by atoms with Gasteiger partial charge in [0.05, 0.1) is 24.2 Å². The normalized spacial score (nSPS) is 28.7. The van der Waals surface area contributed by atoms with E-state index in [9.17, 15) is 27.6 Å². The zero-order chi connectivity index (χ0) is 30.1. The summed E-state index contributed by atoms with van der Waals surface area (Å²) in [6.45, 7) is 10.8. The summed E-state index contributed by atoms with van der Waals surface area (Å²) in [5.41, 5.74) is 4.41. The van der Waals surface area contributed by atoms with Crippen LogP contribution in [0.5, 0.6) is 0 Å². The van der Waals surface area contributed by atoms with Crippen LogP contribution in [0.2, 0.25) is 0 Å². The highest BCUT2D eigenvalue weighted by molar-refractivity contribution is 5.83. The molecule has 2 saturated heterocycles. The lowest BCUT2D eigenvalue weighted by atomic mass is 9.96. The van der Waals surface area contributed by atoms with Gasteiger partial charge in [-0.05, 0) is 69.6 Å². The number of rotatable bonds is 8. The van der Waals surface area contributed by atoms with Gasteiger partial charge < -0.3 is 26.0 Å². The zero-order valence-electron chi connectivity index (χ0n) is 23.5. The molecule has 5 atom stereocenters. The lowest BCUT2D eigenvalue weighted by Crippen LogP contribution is -2.35. The first kappa shape index (κ1) is 31.6. The Balaban J connectivity index is 0.000000182. The van der Waals surface area contributed by atoms with Crippen molar-refractivity contribution in [2.45, 2.75) is 102 Å². The monoisotopic (exact) mass is 571 g/mol. The van der Waals surface area contributed by atoms with Crippen LogP contribution >= 0.6 is 0 Å². The number of nitrogens with one attached hydrogen (secondary N) is 2. The van der Waals surface area contributed by atoms with Gasteiger partial charge in [-0.25, -0.2) is 0 Å². The van der Waals surface area contributed by atoms with Gasteiger partial charge in [-0.3, -0.25) is 19.2 Å². The number of alkyl halides is 3. The van der Waals surface area contributed by atoms with Crippen LogP contribution in [0.25, 0.3) is 0 Å². The van der Waals surface area contributed by atoms with Gasteiger partial charge in [0.2, 0.25) is 18.2 Å². The Morgan fingerprint density at radius 2 is 1.77 bits per heavy atom. The van der Waals surface area contributed by atoms with E-state index in [-0.39, 0.29) is 35.0 Å². The molecule has 3 aliphatic carbocycles. The molecule has 10 nitrogen and oxygen atoms in total. The van der Waals surface area contributed by atoms with Crippen LogP contribution in [0.4, 0.5) is 13.2 Å². The van der Waals surface area contributed by atoms with Crippen molar-refractivity contribution in [3.8, 4) is 6.07 Å². The molecule has 224 valence electrons. The average molecular weight is 572 g/mol. The number of primary amides is 1. The van der Waals surface area contributed by atoms with E-state index in [4.69, 9.17) is 14.8 Å². The van der Waals surface area contributed by atoms with Crippen LogP contribution in [0.1, 0.15) is 72.6 Å². The van der Waals surface area contributed by atoms with E-state index >= 15 is 0 Å². The number of amides is 4. The van der Waals surface area contributed by atoms with Crippen molar-refractivity contribution in [1.82, 2.24) is 15.5 Å². The number of ether oxygens (including phenoxy) is 1. The van der Waals surface area contributed by atoms with Crippen molar-refractivity contribution in [1.29, 1.82) is 5.26 Å². The Kier molecular flexibility index (Phi) is 9.13. The van der Waals surface area contributed by atoms with Crippen LogP contribution in [0.15, 0.2) is 0 Å². The van der Waals surface area contributed by atoms with Crippen molar-refractivity contribution in [2.24, 2.45) is 28.9 Å². The fraction of sp³-hybridized carbons (Fsp3) is 0.815. The number of halogens is 3. The summed E-state index contributed by atoms with van der Waals surface area (Å²) < 4.78 is 38.0. The first-order chi connectivity index (χ1) is 18.4. The van der Waals surface area contributed by atoms with Gasteiger partial charge in [-0.1, -0.05) is 13.8 Å². The molecule has 0 bridgehead atoms. The molecule has 5 fully saturated rings. The van der Waals surface area contributed by atoms with E-state index in [2.05, 4.69) is 42.0 Å². The molecular weight excluding hydrogens is 531 g/mol. The number of carbonyl (C=O) groups excluding carboxylic acids is 4. The second-order valence-corrected chi connectivity index (χ2v) is 12.7. The van der Waals surface area contributed by atoms with E-state index in [1.807, 2.05) is 13.0 Å². The highest BCUT2D eigenvalue weighted by Gasteiger charge is 2.62. The van der Waals surface area contributed by atoms with Gasteiger partial charge in [0.25, 0.3) is 0 Å². The molecule has 4 N–H and O–H groups in total. The molecule has 3 saturated carbocycles. The molecule has 5 rings (SSSR count). The quantitative estimate of drug-likeness (QED) is 0.380. The standard InChI is InChI=1S/C15H25NO2.C10H13N3O2.C2H2F3NO/c1-10(18-15(4)5-6-15)7-13(17)16-8-11-12(9-16)14(11,2)3;11-5-8(12-6-14)3-7-4-10(1-2-10)13-9(7)15;3-2(4,5)1(6)7/h10-12H,5-9H2,1-4H3;6-8H,1-4H2,(H,12,14)(H,13,15);(H2,6,7)/t10-,11?,12?;;/m1../s1. The third-order valence-corrected chi connectivity index (χ3v) is 8.85. The summed E-state index contributed by atoms with van der Waals surface area (Å²) in [4.78, 5) is 45.1. The second kappa shape index (κ2) is 11.5. The minimum Gasteiger partial charge on any atom is -0.372 e. The summed E-state index contributed by atoms with van der Waals surface area (Å²) >= 11 is 0. The maximum atomic E-state index is 12.2. The summed E-state index contributed by atoms with van der Waals surface area (Å²) in [6, 6.07) is 1.43. The summed E-state index contributed by atoms with van der Waals surface area (Å²) in [5.74, 6) is -0.565. The first-order valence-corrected chi connectivity index (χ1v) is 13.7. The third-order valence-electron chi connectivity index (χ3n) is 8.85. The van der Waals surface area contributed by atoms with E-state index in [1.165, 1.54) is 0 Å². The molecule has 0 aromatic rings. The third kappa shape index (κ3) is 8.08. The molecule has 13 heteroatoms. The lowest BCUT2D eigenvalue weighted by molar-refractivity contribution is -0.169. The van der Waals surface area contributed by atoms with Crippen LogP contribution in [-0.2, 0) is 23.9 Å². The second-order valence-electron chi connectivity index (χ2n) is 12.7. The van der Waals surface area contributed by atoms with Gasteiger partial charge in [-0.2, -0.15) is 18.4 Å². The number of hydrogen-bond acceptors (Lipinski definition) is 6. The van der Waals surface area contributed by atoms with Crippen molar-refractivity contribution in [3.63, 3.8) is 0 Å². The Labute approximate surface area is 232 Å². The molecule has 0 aromatic carbocycles. The molecule has 2 heterocycles. The number of piperidine rings is 1. The first-order valence-electron chi connectivity index (χ1n) is 13.7. The Morgan fingerprint density at radius 1 is 1.23 bits per heavy atom. The number of nitriles is 1.